The number of benzene rings is 1. The Hall–Kier alpha value is -2.63. The average molecular weight is 312 g/mol. The number of nitrogens with one attached hydrogen (secondary N) is 1. The van der Waals surface area contributed by atoms with Gasteiger partial charge in [-0.05, 0) is 24.5 Å². The van der Waals surface area contributed by atoms with Gasteiger partial charge in [0, 0.05) is 31.1 Å². The summed E-state index contributed by atoms with van der Waals surface area (Å²) in [5, 5.41) is 7.08. The molecule has 0 unspecified atom stereocenters. The molecule has 6 nitrogen and oxygen atoms in total. The molecule has 1 aromatic heterocycles. The number of aromatic amines is 1. The number of aromatic nitrogens is 2. The van der Waals surface area contributed by atoms with Crippen molar-refractivity contribution in [2.24, 2.45) is 5.73 Å². The second kappa shape index (κ2) is 6.64. The zero-order valence-electron chi connectivity index (χ0n) is 12.9. The lowest BCUT2D eigenvalue weighted by Crippen LogP contribution is -2.33. The number of H-pyrrole nitrogens is 1. The van der Waals surface area contributed by atoms with Gasteiger partial charge in [-0.1, -0.05) is 30.3 Å². The van der Waals surface area contributed by atoms with Crippen molar-refractivity contribution >= 4 is 11.8 Å². The highest BCUT2D eigenvalue weighted by Crippen LogP contribution is 2.39. The number of rotatable bonds is 7. The minimum absolute atomic E-state index is 0.137. The summed E-state index contributed by atoms with van der Waals surface area (Å²) in [6.45, 7) is 0.716. The molecule has 0 bridgehead atoms. The smallest absolute Gasteiger partial charge is 0.274 e. The Morgan fingerprint density at radius 2 is 2.00 bits per heavy atom. The molecular weight excluding hydrogens is 292 g/mol. The maximum atomic E-state index is 12.7. The van der Waals surface area contributed by atoms with Gasteiger partial charge in [-0.3, -0.25) is 14.7 Å². The molecule has 0 atom stereocenters. The van der Waals surface area contributed by atoms with E-state index in [0.717, 1.165) is 24.1 Å². The van der Waals surface area contributed by atoms with Crippen molar-refractivity contribution in [3.05, 3.63) is 53.3 Å². The summed E-state index contributed by atoms with van der Waals surface area (Å²) in [7, 11) is 0. The average Bonchev–Trinajstić information content (AvgIpc) is 3.29. The highest BCUT2D eigenvalue weighted by atomic mass is 16.2. The summed E-state index contributed by atoms with van der Waals surface area (Å²) < 4.78 is 0. The molecule has 0 saturated heterocycles. The van der Waals surface area contributed by atoms with E-state index in [1.807, 2.05) is 36.4 Å². The van der Waals surface area contributed by atoms with Gasteiger partial charge in [-0.2, -0.15) is 5.10 Å². The minimum Gasteiger partial charge on any atom is -0.370 e. The zero-order valence-corrected chi connectivity index (χ0v) is 12.9. The predicted molar refractivity (Wildman–Crippen MR) is 85.6 cm³/mol. The first-order valence-corrected chi connectivity index (χ1v) is 7.80. The van der Waals surface area contributed by atoms with Crippen LogP contribution in [-0.4, -0.2) is 33.5 Å². The van der Waals surface area contributed by atoms with Gasteiger partial charge in [0.25, 0.3) is 5.91 Å². The maximum absolute atomic E-state index is 12.7. The number of amides is 2. The molecule has 1 aromatic carbocycles. The van der Waals surface area contributed by atoms with E-state index in [1.165, 1.54) is 0 Å². The fourth-order valence-electron chi connectivity index (χ4n) is 2.51. The fraction of sp³-hybridized carbons (Fsp3) is 0.353. The molecule has 120 valence electrons. The van der Waals surface area contributed by atoms with Crippen molar-refractivity contribution in [2.45, 2.75) is 31.7 Å². The highest BCUT2D eigenvalue weighted by Gasteiger charge is 2.27. The predicted octanol–water partition coefficient (Wildman–Crippen LogP) is 1.80. The van der Waals surface area contributed by atoms with E-state index in [9.17, 15) is 9.59 Å². The van der Waals surface area contributed by atoms with Crippen molar-refractivity contribution in [3.63, 3.8) is 0 Å². The van der Waals surface area contributed by atoms with Gasteiger partial charge in [0.1, 0.15) is 5.69 Å². The van der Waals surface area contributed by atoms with E-state index < -0.39 is 5.91 Å². The van der Waals surface area contributed by atoms with E-state index in [-0.39, 0.29) is 18.9 Å². The second-order valence-corrected chi connectivity index (χ2v) is 5.91. The summed E-state index contributed by atoms with van der Waals surface area (Å²) in [5.41, 5.74) is 7.64. The van der Waals surface area contributed by atoms with E-state index in [4.69, 9.17) is 5.73 Å². The van der Waals surface area contributed by atoms with Crippen LogP contribution in [0.5, 0.6) is 0 Å². The highest BCUT2D eigenvalue weighted by molar-refractivity contribution is 5.92. The number of hydrogen-bond donors (Lipinski definition) is 2. The third-order valence-corrected chi connectivity index (χ3v) is 3.97. The Morgan fingerprint density at radius 1 is 1.26 bits per heavy atom. The van der Waals surface area contributed by atoms with Gasteiger partial charge in [-0.25, -0.2) is 0 Å². The summed E-state index contributed by atoms with van der Waals surface area (Å²) >= 11 is 0. The van der Waals surface area contributed by atoms with Gasteiger partial charge in [-0.15, -0.1) is 0 Å². The first-order valence-electron chi connectivity index (χ1n) is 7.80. The van der Waals surface area contributed by atoms with Crippen LogP contribution in [0.3, 0.4) is 0 Å². The van der Waals surface area contributed by atoms with Gasteiger partial charge >= 0.3 is 0 Å². The van der Waals surface area contributed by atoms with Crippen LogP contribution in [0.1, 0.15) is 46.9 Å². The lowest BCUT2D eigenvalue weighted by Gasteiger charge is -2.21. The molecule has 23 heavy (non-hydrogen) atoms. The van der Waals surface area contributed by atoms with E-state index in [2.05, 4.69) is 10.2 Å². The molecule has 2 aromatic rings. The van der Waals surface area contributed by atoms with E-state index >= 15 is 0 Å². The summed E-state index contributed by atoms with van der Waals surface area (Å²) in [5.74, 6) is -0.0907. The quantitative estimate of drug-likeness (QED) is 0.816. The fourth-order valence-corrected chi connectivity index (χ4v) is 2.51. The molecule has 0 radical (unpaired) electrons. The molecule has 3 N–H and O–H groups in total. The SMILES string of the molecule is NC(=O)CCN(Cc1ccccc1)C(=O)c1cc(C2CC2)[nH]n1. The van der Waals surface area contributed by atoms with Crippen LogP contribution >= 0.6 is 0 Å². The second-order valence-electron chi connectivity index (χ2n) is 5.91. The number of carbonyl (C=O) groups excluding carboxylic acids is 2. The molecule has 6 heteroatoms. The number of carbonyl (C=O) groups is 2. The first kappa shape index (κ1) is 15.3. The van der Waals surface area contributed by atoms with Crippen molar-refractivity contribution in [2.75, 3.05) is 6.54 Å². The molecule has 3 rings (SSSR count). The van der Waals surface area contributed by atoms with Crippen LogP contribution in [0.15, 0.2) is 36.4 Å². The standard InChI is InChI=1S/C17H20N4O2/c18-16(22)8-9-21(11-12-4-2-1-3-5-12)17(23)15-10-14(19-20-15)13-6-7-13/h1-5,10,13H,6-9,11H2,(H2,18,22)(H,19,20). The van der Waals surface area contributed by atoms with Crippen LogP contribution in [0.4, 0.5) is 0 Å². The number of hydrogen-bond acceptors (Lipinski definition) is 3. The lowest BCUT2D eigenvalue weighted by atomic mass is 10.2. The third-order valence-electron chi connectivity index (χ3n) is 3.97. The molecule has 1 heterocycles. The Labute approximate surface area is 134 Å². The Balaban J connectivity index is 1.74. The third kappa shape index (κ3) is 3.97. The molecule has 0 aliphatic heterocycles. The van der Waals surface area contributed by atoms with E-state index in [1.54, 1.807) is 4.90 Å². The zero-order chi connectivity index (χ0) is 16.2. The molecule has 1 saturated carbocycles. The van der Waals surface area contributed by atoms with Crippen LogP contribution < -0.4 is 5.73 Å². The largest absolute Gasteiger partial charge is 0.370 e. The van der Waals surface area contributed by atoms with Crippen molar-refractivity contribution in [1.29, 1.82) is 0 Å². The number of primary amides is 1. The van der Waals surface area contributed by atoms with Crippen molar-refractivity contribution in [3.8, 4) is 0 Å². The molecule has 1 aliphatic rings. The normalized spacial score (nSPS) is 13.7. The molecule has 2 amide bonds. The Morgan fingerprint density at radius 3 is 2.65 bits per heavy atom. The molecule has 0 spiro atoms. The summed E-state index contributed by atoms with van der Waals surface area (Å²) in [4.78, 5) is 25.4. The molecule has 1 fully saturated rings. The lowest BCUT2D eigenvalue weighted by molar-refractivity contribution is -0.118. The van der Waals surface area contributed by atoms with Crippen LogP contribution in [-0.2, 0) is 11.3 Å². The molecular formula is C17H20N4O2. The Kier molecular flexibility index (Phi) is 4.41. The van der Waals surface area contributed by atoms with Gasteiger partial charge in [0.05, 0.1) is 0 Å². The topological polar surface area (TPSA) is 92.1 Å². The first-order chi connectivity index (χ1) is 11.1. The van der Waals surface area contributed by atoms with Crippen LogP contribution in [0, 0.1) is 0 Å². The maximum Gasteiger partial charge on any atom is 0.274 e. The van der Waals surface area contributed by atoms with Crippen LogP contribution in [0.25, 0.3) is 0 Å². The number of nitrogens with zero attached hydrogens (tertiary/aromatic N) is 2. The minimum atomic E-state index is -0.420. The summed E-state index contributed by atoms with van der Waals surface area (Å²) in [6, 6.07) is 11.5. The summed E-state index contributed by atoms with van der Waals surface area (Å²) in [6.07, 6.45) is 2.43. The van der Waals surface area contributed by atoms with Gasteiger partial charge in [0.15, 0.2) is 0 Å². The monoisotopic (exact) mass is 312 g/mol. The van der Waals surface area contributed by atoms with Gasteiger partial charge in [0.2, 0.25) is 5.91 Å². The van der Waals surface area contributed by atoms with Crippen molar-refractivity contribution < 1.29 is 9.59 Å². The van der Waals surface area contributed by atoms with Crippen LogP contribution in [0.2, 0.25) is 0 Å². The molecule has 1 aliphatic carbocycles. The number of nitrogens with two attached hydrogens (primary N) is 1. The van der Waals surface area contributed by atoms with E-state index in [0.29, 0.717) is 18.2 Å². The van der Waals surface area contributed by atoms with Crippen molar-refractivity contribution in [1.82, 2.24) is 15.1 Å². The Bertz CT molecular complexity index is 692. The van der Waals surface area contributed by atoms with Gasteiger partial charge < -0.3 is 10.6 Å².